The summed E-state index contributed by atoms with van der Waals surface area (Å²) in [6.07, 6.45) is 3.48. The molecule has 0 saturated heterocycles. The van der Waals surface area contributed by atoms with E-state index in [2.05, 4.69) is 15.0 Å². The molecule has 0 atom stereocenters. The third kappa shape index (κ3) is 3.62. The zero-order chi connectivity index (χ0) is 16.1. The Morgan fingerprint density at radius 3 is 2.65 bits per heavy atom. The maximum Gasteiger partial charge on any atom is 0.187 e. The molecule has 0 radical (unpaired) electrons. The number of benzene rings is 1. The average molecular weight is 345 g/mol. The minimum atomic E-state index is 0.703. The van der Waals surface area contributed by atoms with Crippen molar-refractivity contribution in [1.29, 1.82) is 0 Å². The molecular weight excluding hydrogens is 330 g/mol. The van der Waals surface area contributed by atoms with Crippen LogP contribution >= 0.6 is 23.1 Å². The largest absolute Gasteiger partial charge is 0.493 e. The van der Waals surface area contributed by atoms with E-state index in [0.29, 0.717) is 11.5 Å². The lowest BCUT2D eigenvalue weighted by Gasteiger charge is -2.10. The van der Waals surface area contributed by atoms with Crippen molar-refractivity contribution in [3.8, 4) is 22.1 Å². The van der Waals surface area contributed by atoms with Gasteiger partial charge >= 0.3 is 0 Å². The second kappa shape index (κ2) is 7.43. The molecule has 2 aromatic heterocycles. The maximum atomic E-state index is 5.48. The topological polar surface area (TPSA) is 57.1 Å². The zero-order valence-corrected chi connectivity index (χ0v) is 14.4. The van der Waals surface area contributed by atoms with Gasteiger partial charge in [-0.2, -0.15) is 0 Å². The summed E-state index contributed by atoms with van der Waals surface area (Å²) in [7, 11) is 3.27. The Morgan fingerprint density at radius 1 is 1.09 bits per heavy atom. The maximum absolute atomic E-state index is 5.48. The summed E-state index contributed by atoms with van der Waals surface area (Å²) in [6, 6.07) is 7.60. The highest BCUT2D eigenvalue weighted by atomic mass is 32.2. The van der Waals surface area contributed by atoms with E-state index in [1.807, 2.05) is 23.6 Å². The van der Waals surface area contributed by atoms with E-state index in [9.17, 15) is 0 Å². The van der Waals surface area contributed by atoms with Crippen LogP contribution in [0.2, 0.25) is 0 Å². The van der Waals surface area contributed by atoms with Crippen LogP contribution in [-0.2, 0) is 5.75 Å². The van der Waals surface area contributed by atoms with Crippen molar-refractivity contribution in [3.05, 3.63) is 47.7 Å². The first kappa shape index (κ1) is 15.8. The molecule has 0 aliphatic carbocycles. The number of aromatic nitrogens is 3. The fraction of sp³-hybridized carbons (Fsp3) is 0.188. The van der Waals surface area contributed by atoms with Gasteiger partial charge in [-0.3, -0.25) is 0 Å². The summed E-state index contributed by atoms with van der Waals surface area (Å²) in [5, 5.41) is 3.70. The number of nitrogens with zero attached hydrogens (tertiary/aromatic N) is 3. The van der Waals surface area contributed by atoms with Gasteiger partial charge in [0.1, 0.15) is 5.01 Å². The molecule has 0 N–H and O–H groups in total. The number of para-hydroxylation sites is 1. The van der Waals surface area contributed by atoms with Gasteiger partial charge in [0.15, 0.2) is 16.7 Å². The first-order valence-electron chi connectivity index (χ1n) is 6.87. The van der Waals surface area contributed by atoms with Crippen LogP contribution in [0.5, 0.6) is 11.5 Å². The first-order chi connectivity index (χ1) is 11.3. The fourth-order valence-electron chi connectivity index (χ4n) is 2.05. The lowest BCUT2D eigenvalue weighted by molar-refractivity contribution is 0.356. The molecule has 7 heteroatoms. The van der Waals surface area contributed by atoms with Crippen LogP contribution in [0.3, 0.4) is 0 Å². The summed E-state index contributed by atoms with van der Waals surface area (Å²) < 4.78 is 10.8. The fourth-order valence-corrected chi connectivity index (χ4v) is 3.69. The highest BCUT2D eigenvalue weighted by Crippen LogP contribution is 2.39. The van der Waals surface area contributed by atoms with Crippen LogP contribution < -0.4 is 9.47 Å². The van der Waals surface area contributed by atoms with Gasteiger partial charge in [0.05, 0.1) is 25.5 Å². The first-order valence-corrected chi connectivity index (χ1v) is 8.74. The minimum absolute atomic E-state index is 0.703. The van der Waals surface area contributed by atoms with Gasteiger partial charge in [-0.1, -0.05) is 17.8 Å². The number of ether oxygens (including phenoxy) is 2. The van der Waals surface area contributed by atoms with Gasteiger partial charge in [0.2, 0.25) is 0 Å². The van der Waals surface area contributed by atoms with Crippen molar-refractivity contribution in [3.63, 3.8) is 0 Å². The smallest absolute Gasteiger partial charge is 0.187 e. The highest BCUT2D eigenvalue weighted by Gasteiger charge is 2.14. The minimum Gasteiger partial charge on any atom is -0.493 e. The standard InChI is InChI=1S/C16H15N3O2S2/c1-20-13-6-3-5-12(14(13)21-2)15-19-11(9-22-15)10-23-16-17-7-4-8-18-16/h3-9H,10H2,1-2H3. The van der Waals surface area contributed by atoms with Gasteiger partial charge in [-0.15, -0.1) is 11.3 Å². The third-order valence-electron chi connectivity index (χ3n) is 3.08. The summed E-state index contributed by atoms with van der Waals surface area (Å²) in [5.74, 6) is 2.14. The normalized spacial score (nSPS) is 10.5. The quantitative estimate of drug-likeness (QED) is 0.499. The second-order valence-electron chi connectivity index (χ2n) is 4.51. The van der Waals surface area contributed by atoms with Crippen molar-refractivity contribution in [2.24, 2.45) is 0 Å². The molecule has 3 aromatic rings. The molecule has 0 aliphatic heterocycles. The molecule has 0 fully saturated rings. The Balaban J connectivity index is 1.79. The lowest BCUT2D eigenvalue weighted by atomic mass is 10.2. The lowest BCUT2D eigenvalue weighted by Crippen LogP contribution is -1.93. The van der Waals surface area contributed by atoms with E-state index in [-0.39, 0.29) is 0 Å². The van der Waals surface area contributed by atoms with Crippen LogP contribution in [0.15, 0.2) is 47.2 Å². The van der Waals surface area contributed by atoms with E-state index < -0.39 is 0 Å². The Bertz CT molecular complexity index is 778. The Hall–Kier alpha value is -2.12. The SMILES string of the molecule is COc1cccc(-c2nc(CSc3ncccn3)cs2)c1OC. The van der Waals surface area contributed by atoms with Gasteiger partial charge in [-0.25, -0.2) is 15.0 Å². The van der Waals surface area contributed by atoms with Crippen LogP contribution in [0.1, 0.15) is 5.69 Å². The van der Waals surface area contributed by atoms with E-state index in [0.717, 1.165) is 27.2 Å². The zero-order valence-electron chi connectivity index (χ0n) is 12.7. The highest BCUT2D eigenvalue weighted by molar-refractivity contribution is 7.98. The van der Waals surface area contributed by atoms with Crippen molar-refractivity contribution < 1.29 is 9.47 Å². The van der Waals surface area contributed by atoms with Gasteiger partial charge in [-0.05, 0) is 18.2 Å². The summed E-state index contributed by atoms with van der Waals surface area (Å²) in [4.78, 5) is 13.1. The molecule has 1 aromatic carbocycles. The average Bonchev–Trinajstić information content (AvgIpc) is 3.09. The van der Waals surface area contributed by atoms with Crippen molar-refractivity contribution in [2.75, 3.05) is 14.2 Å². The Labute approximate surface area is 142 Å². The number of methoxy groups -OCH3 is 2. The van der Waals surface area contributed by atoms with Gasteiger partial charge in [0, 0.05) is 23.5 Å². The number of rotatable bonds is 6. The van der Waals surface area contributed by atoms with Crippen LogP contribution in [0, 0.1) is 0 Å². The second-order valence-corrected chi connectivity index (χ2v) is 6.31. The van der Waals surface area contributed by atoms with E-state index in [1.54, 1.807) is 55.8 Å². The van der Waals surface area contributed by atoms with Crippen LogP contribution in [-0.4, -0.2) is 29.2 Å². The molecule has 118 valence electrons. The summed E-state index contributed by atoms with van der Waals surface area (Å²) in [6.45, 7) is 0. The van der Waals surface area contributed by atoms with E-state index >= 15 is 0 Å². The molecule has 2 heterocycles. The predicted octanol–water partition coefficient (Wildman–Crippen LogP) is 3.91. The molecule has 0 amide bonds. The summed E-state index contributed by atoms with van der Waals surface area (Å²) in [5.41, 5.74) is 1.93. The van der Waals surface area contributed by atoms with Crippen molar-refractivity contribution >= 4 is 23.1 Å². The molecular formula is C16H15N3O2S2. The van der Waals surface area contributed by atoms with Crippen LogP contribution in [0.4, 0.5) is 0 Å². The number of hydrogen-bond donors (Lipinski definition) is 0. The van der Waals surface area contributed by atoms with Crippen LogP contribution in [0.25, 0.3) is 10.6 Å². The number of thioether (sulfide) groups is 1. The molecule has 0 bridgehead atoms. The Kier molecular flexibility index (Phi) is 5.09. The van der Waals surface area contributed by atoms with Crippen molar-refractivity contribution in [2.45, 2.75) is 10.9 Å². The number of thiazole rings is 1. The van der Waals surface area contributed by atoms with E-state index in [1.165, 1.54) is 0 Å². The number of hydrogen-bond acceptors (Lipinski definition) is 7. The van der Waals surface area contributed by atoms with Crippen molar-refractivity contribution in [1.82, 2.24) is 15.0 Å². The molecule has 0 saturated carbocycles. The van der Waals surface area contributed by atoms with Gasteiger partial charge < -0.3 is 9.47 Å². The summed E-state index contributed by atoms with van der Waals surface area (Å²) >= 11 is 3.15. The molecule has 5 nitrogen and oxygen atoms in total. The Morgan fingerprint density at radius 2 is 1.91 bits per heavy atom. The molecule has 23 heavy (non-hydrogen) atoms. The molecule has 0 unspecified atom stereocenters. The molecule has 0 spiro atoms. The third-order valence-corrected chi connectivity index (χ3v) is 4.91. The predicted molar refractivity (Wildman–Crippen MR) is 92.2 cm³/mol. The molecule has 3 rings (SSSR count). The van der Waals surface area contributed by atoms with Gasteiger partial charge in [0.25, 0.3) is 0 Å². The van der Waals surface area contributed by atoms with E-state index in [4.69, 9.17) is 9.47 Å². The monoisotopic (exact) mass is 345 g/mol. The molecule has 0 aliphatic rings.